The minimum atomic E-state index is -0.320. The molecule has 0 bridgehead atoms. The lowest BCUT2D eigenvalue weighted by Crippen LogP contribution is -2.39. The highest BCUT2D eigenvalue weighted by Gasteiger charge is 2.29. The van der Waals surface area contributed by atoms with Gasteiger partial charge in [-0.15, -0.1) is 23.2 Å². The molecule has 0 saturated heterocycles. The van der Waals surface area contributed by atoms with Gasteiger partial charge in [-0.05, 0) is 24.3 Å². The van der Waals surface area contributed by atoms with Crippen molar-refractivity contribution in [2.75, 3.05) is 36.1 Å². The summed E-state index contributed by atoms with van der Waals surface area (Å²) in [4.78, 5) is 6.51. The van der Waals surface area contributed by atoms with Crippen LogP contribution in [-0.2, 0) is 13.1 Å². The second kappa shape index (κ2) is 15.8. The van der Waals surface area contributed by atoms with Crippen LogP contribution in [0.25, 0.3) is 0 Å². The van der Waals surface area contributed by atoms with Crippen LogP contribution in [0.15, 0.2) is 61.2 Å². The molecule has 41 heavy (non-hydrogen) atoms. The highest BCUT2D eigenvalue weighted by atomic mass is 35.5. The summed E-state index contributed by atoms with van der Waals surface area (Å²) in [6, 6.07) is 10.4. The van der Waals surface area contributed by atoms with E-state index in [1.165, 1.54) is 0 Å². The first-order chi connectivity index (χ1) is 18.8. The molecule has 0 amide bonds. The predicted molar refractivity (Wildman–Crippen MR) is 162 cm³/mol. The first-order valence-corrected chi connectivity index (χ1v) is 13.7. The average Bonchev–Trinajstić information content (AvgIpc) is 3.58. The summed E-state index contributed by atoms with van der Waals surface area (Å²) in [6.45, 7) is 2.42. The van der Waals surface area contributed by atoms with Gasteiger partial charge in [0.15, 0.2) is 0 Å². The number of aromatic nitrogens is 4. The molecule has 0 aliphatic carbocycles. The number of rotatable bonds is 14. The second-order valence-electron chi connectivity index (χ2n) is 9.25. The maximum Gasteiger partial charge on any atom is 0.272 e. The number of H-pyrrole nitrogens is 2. The number of anilines is 4. The molecule has 4 rings (SSSR count). The number of hydrogen-bond donors (Lipinski definition) is 6. The number of alkyl halides is 2. The van der Waals surface area contributed by atoms with Gasteiger partial charge in [-0.25, -0.2) is 19.1 Å². The zero-order chi connectivity index (χ0) is 27.8. The third-order valence-electron chi connectivity index (χ3n) is 6.27. The Bertz CT molecular complexity index is 1270. The van der Waals surface area contributed by atoms with Gasteiger partial charge in [0.1, 0.15) is 47.0 Å². The van der Waals surface area contributed by atoms with Crippen LogP contribution in [0.2, 0.25) is 0 Å². The zero-order valence-corrected chi connectivity index (χ0v) is 24.2. The summed E-state index contributed by atoms with van der Waals surface area (Å²) in [6.07, 6.45) is 9.71. The molecule has 0 spiro atoms. The SMILES string of the molecule is Nc1ccc(N)c(OCCC[n+]2cc[nH]c2C(Cl)CC(Cl)c2[nH]cc[n+]2CCCOc2cc(N)ccc2N)c1.O.O. The van der Waals surface area contributed by atoms with E-state index in [-0.39, 0.29) is 21.7 Å². The van der Waals surface area contributed by atoms with Crippen LogP contribution in [0.1, 0.15) is 41.7 Å². The predicted octanol–water partition coefficient (Wildman–Crippen LogP) is 2.19. The molecule has 4 aromatic rings. The van der Waals surface area contributed by atoms with Gasteiger partial charge in [-0.2, -0.15) is 0 Å². The zero-order valence-electron chi connectivity index (χ0n) is 22.7. The Balaban J connectivity index is 0.00000294. The van der Waals surface area contributed by atoms with E-state index in [1.807, 2.05) is 24.8 Å². The number of nitrogens with two attached hydrogens (primary N) is 4. The lowest BCUT2D eigenvalue weighted by Gasteiger charge is -2.12. The van der Waals surface area contributed by atoms with Crippen molar-refractivity contribution in [3.63, 3.8) is 0 Å². The number of nitrogen functional groups attached to an aromatic ring is 4. The number of imidazole rings is 2. The summed E-state index contributed by atoms with van der Waals surface area (Å²) < 4.78 is 15.8. The summed E-state index contributed by atoms with van der Waals surface area (Å²) >= 11 is 13.6. The van der Waals surface area contributed by atoms with E-state index in [4.69, 9.17) is 55.6 Å². The third-order valence-corrected chi connectivity index (χ3v) is 7.04. The molecule has 0 aliphatic heterocycles. The smallest absolute Gasteiger partial charge is 0.272 e. The lowest BCUT2D eigenvalue weighted by atomic mass is 10.2. The van der Waals surface area contributed by atoms with Gasteiger partial charge >= 0.3 is 0 Å². The molecule has 0 aliphatic rings. The Morgan fingerprint density at radius 2 is 1.10 bits per heavy atom. The van der Waals surface area contributed by atoms with Crippen molar-refractivity contribution in [1.82, 2.24) is 9.97 Å². The van der Waals surface area contributed by atoms with Gasteiger partial charge < -0.3 is 43.4 Å². The Morgan fingerprint density at radius 3 is 1.51 bits per heavy atom. The Hall–Kier alpha value is -3.84. The van der Waals surface area contributed by atoms with E-state index < -0.39 is 0 Å². The number of benzene rings is 2. The largest absolute Gasteiger partial charge is 0.491 e. The fraction of sp³-hybridized carbons (Fsp3) is 0.333. The summed E-state index contributed by atoms with van der Waals surface area (Å²) in [5, 5.41) is -0.640. The molecule has 2 unspecified atom stereocenters. The van der Waals surface area contributed by atoms with Gasteiger partial charge in [0, 0.05) is 42.8 Å². The van der Waals surface area contributed by atoms with Crippen molar-refractivity contribution in [2.24, 2.45) is 0 Å². The van der Waals surface area contributed by atoms with Gasteiger partial charge in [0.25, 0.3) is 11.6 Å². The minimum absolute atomic E-state index is 0. The molecule has 14 heteroatoms. The maximum absolute atomic E-state index is 6.82. The molecular weight excluding hydrogens is 571 g/mol. The second-order valence-corrected chi connectivity index (χ2v) is 10.3. The van der Waals surface area contributed by atoms with Gasteiger partial charge in [0.05, 0.1) is 37.7 Å². The number of nitrogens with one attached hydrogen (secondary N) is 2. The molecule has 2 heterocycles. The van der Waals surface area contributed by atoms with E-state index in [0.29, 0.717) is 53.9 Å². The van der Waals surface area contributed by atoms with Crippen molar-refractivity contribution >= 4 is 46.0 Å². The molecule has 2 aromatic carbocycles. The van der Waals surface area contributed by atoms with Crippen molar-refractivity contribution < 1.29 is 29.6 Å². The van der Waals surface area contributed by atoms with Crippen LogP contribution >= 0.6 is 23.2 Å². The van der Waals surface area contributed by atoms with E-state index in [1.54, 1.807) is 36.4 Å². The van der Waals surface area contributed by atoms with Crippen LogP contribution in [-0.4, -0.2) is 34.1 Å². The summed E-state index contributed by atoms with van der Waals surface area (Å²) in [5.74, 6) is 2.96. The molecule has 0 radical (unpaired) electrons. The summed E-state index contributed by atoms with van der Waals surface area (Å²) in [5.41, 5.74) is 25.9. The van der Waals surface area contributed by atoms with E-state index >= 15 is 0 Å². The topological polar surface area (TPSA) is 225 Å². The van der Waals surface area contributed by atoms with Crippen LogP contribution in [0.3, 0.4) is 0 Å². The Kier molecular flexibility index (Phi) is 12.9. The maximum atomic E-state index is 6.82. The Morgan fingerprint density at radius 1 is 0.683 bits per heavy atom. The first kappa shape index (κ1) is 33.4. The normalized spacial score (nSPS) is 12.1. The van der Waals surface area contributed by atoms with Crippen LogP contribution in [0.4, 0.5) is 22.7 Å². The monoisotopic (exact) mass is 610 g/mol. The number of hydrogen-bond acceptors (Lipinski definition) is 6. The molecule has 0 fully saturated rings. The molecule has 224 valence electrons. The highest BCUT2D eigenvalue weighted by Crippen LogP contribution is 2.32. The number of nitrogens with zero attached hydrogens (tertiary/aromatic N) is 2. The quantitative estimate of drug-likeness (QED) is 0.0542. The van der Waals surface area contributed by atoms with Crippen molar-refractivity contribution in [3.8, 4) is 11.5 Å². The van der Waals surface area contributed by atoms with Crippen LogP contribution < -0.4 is 41.5 Å². The third kappa shape index (κ3) is 9.08. The average molecular weight is 612 g/mol. The number of aromatic amines is 2. The van der Waals surface area contributed by atoms with E-state index in [2.05, 4.69) is 19.1 Å². The van der Waals surface area contributed by atoms with E-state index in [0.717, 1.165) is 37.6 Å². The molecule has 2 aromatic heterocycles. The van der Waals surface area contributed by atoms with Crippen LogP contribution in [0, 0.1) is 0 Å². The highest BCUT2D eigenvalue weighted by molar-refractivity contribution is 6.23. The molecule has 12 nitrogen and oxygen atoms in total. The van der Waals surface area contributed by atoms with E-state index in [9.17, 15) is 0 Å². The van der Waals surface area contributed by atoms with Crippen LogP contribution in [0.5, 0.6) is 11.5 Å². The molecule has 2 atom stereocenters. The molecular formula is C27H40Cl2N8O4+2. The first-order valence-electron chi connectivity index (χ1n) is 12.8. The van der Waals surface area contributed by atoms with Gasteiger partial charge in [-0.3, -0.25) is 0 Å². The molecule has 0 saturated carbocycles. The Labute approximate surface area is 248 Å². The van der Waals surface area contributed by atoms with Gasteiger partial charge in [-0.1, -0.05) is 0 Å². The number of halogens is 2. The lowest BCUT2D eigenvalue weighted by molar-refractivity contribution is -0.705. The van der Waals surface area contributed by atoms with Gasteiger partial charge in [0.2, 0.25) is 0 Å². The van der Waals surface area contributed by atoms with Crippen molar-refractivity contribution in [3.05, 3.63) is 72.8 Å². The molecule has 14 N–H and O–H groups in total. The summed E-state index contributed by atoms with van der Waals surface area (Å²) in [7, 11) is 0. The minimum Gasteiger partial charge on any atom is -0.491 e. The number of aryl methyl sites for hydroxylation is 2. The van der Waals surface area contributed by atoms with Crippen molar-refractivity contribution in [1.29, 1.82) is 0 Å². The fourth-order valence-electron chi connectivity index (χ4n) is 4.27. The number of ether oxygens (including phenoxy) is 2. The fourth-order valence-corrected chi connectivity index (χ4v) is 5.10. The standard InChI is InChI=1S/C27H34Cl2N8O2.2H2O/c28-20(26-34-7-11-36(26)9-1-13-38-24-15-18(30)3-5-22(24)32)17-21(29)27-35-8-12-37(27)10-2-14-39-25-16-19(31)4-6-23(25)33;;/h3-8,11-12,15-16,20-21H,1-2,9-10,13-14,17,30-33H2;2*1H2/p+2. The van der Waals surface area contributed by atoms with Crippen molar-refractivity contribution in [2.45, 2.75) is 43.1 Å².